The van der Waals surface area contributed by atoms with Gasteiger partial charge in [0, 0.05) is 11.3 Å². The number of thioether (sulfide) groups is 1. The molecule has 0 aliphatic carbocycles. The van der Waals surface area contributed by atoms with Gasteiger partial charge in [0.15, 0.2) is 17.3 Å². The highest BCUT2D eigenvalue weighted by molar-refractivity contribution is 7.99. The fourth-order valence-corrected chi connectivity index (χ4v) is 2.53. The summed E-state index contributed by atoms with van der Waals surface area (Å²) in [5.74, 6) is 2.90. The molecule has 15 heavy (non-hydrogen) atoms. The number of hydrogen-bond acceptors (Lipinski definition) is 4. The summed E-state index contributed by atoms with van der Waals surface area (Å²) in [6, 6.07) is 3.66. The Bertz CT molecular complexity index is 401. The van der Waals surface area contributed by atoms with Crippen molar-refractivity contribution in [1.82, 2.24) is 0 Å². The van der Waals surface area contributed by atoms with Crippen LogP contribution in [0.2, 0.25) is 0 Å². The third kappa shape index (κ3) is 1.81. The highest BCUT2D eigenvalue weighted by Crippen LogP contribution is 2.35. The Labute approximate surface area is 92.8 Å². The first-order valence-electron chi connectivity index (χ1n) is 4.62. The van der Waals surface area contributed by atoms with Gasteiger partial charge in [-0.25, -0.2) is 0 Å². The number of ether oxygens (including phenoxy) is 2. The van der Waals surface area contributed by atoms with Gasteiger partial charge in [-0.05, 0) is 17.7 Å². The SMILES string of the molecule is COc1cc2c(cc1OC)C(=O)CSC2. The number of fused-ring (bicyclic) bond motifs is 1. The van der Waals surface area contributed by atoms with Crippen LogP contribution >= 0.6 is 11.8 Å². The van der Waals surface area contributed by atoms with Crippen LogP contribution in [0.25, 0.3) is 0 Å². The lowest BCUT2D eigenvalue weighted by Crippen LogP contribution is -2.12. The van der Waals surface area contributed by atoms with Crippen molar-refractivity contribution in [2.24, 2.45) is 0 Å². The van der Waals surface area contributed by atoms with E-state index in [0.717, 1.165) is 16.9 Å². The van der Waals surface area contributed by atoms with Crippen LogP contribution in [0.15, 0.2) is 12.1 Å². The van der Waals surface area contributed by atoms with Crippen LogP contribution in [0.1, 0.15) is 15.9 Å². The van der Waals surface area contributed by atoms with Crippen LogP contribution in [0.5, 0.6) is 11.5 Å². The lowest BCUT2D eigenvalue weighted by atomic mass is 10.0. The first kappa shape index (κ1) is 10.4. The highest BCUT2D eigenvalue weighted by Gasteiger charge is 2.20. The van der Waals surface area contributed by atoms with Crippen LogP contribution in [-0.2, 0) is 5.75 Å². The average molecular weight is 224 g/mol. The third-order valence-electron chi connectivity index (χ3n) is 2.40. The van der Waals surface area contributed by atoms with Crippen LogP contribution in [-0.4, -0.2) is 25.8 Å². The summed E-state index contributed by atoms with van der Waals surface area (Å²) in [4.78, 5) is 11.6. The van der Waals surface area contributed by atoms with Crippen LogP contribution in [0.3, 0.4) is 0 Å². The van der Waals surface area contributed by atoms with Gasteiger partial charge in [-0.3, -0.25) is 4.79 Å². The second-order valence-corrected chi connectivity index (χ2v) is 4.27. The molecule has 0 fully saturated rings. The van der Waals surface area contributed by atoms with E-state index < -0.39 is 0 Å². The van der Waals surface area contributed by atoms with Crippen LogP contribution < -0.4 is 9.47 Å². The van der Waals surface area contributed by atoms with E-state index in [0.29, 0.717) is 17.3 Å². The monoisotopic (exact) mass is 224 g/mol. The fraction of sp³-hybridized carbons (Fsp3) is 0.364. The Hall–Kier alpha value is -1.16. The number of ketones is 1. The van der Waals surface area contributed by atoms with E-state index in [1.807, 2.05) is 6.07 Å². The second-order valence-electron chi connectivity index (χ2n) is 3.28. The summed E-state index contributed by atoms with van der Waals surface area (Å²) in [5.41, 5.74) is 1.81. The van der Waals surface area contributed by atoms with E-state index in [9.17, 15) is 4.79 Å². The molecule has 0 unspecified atom stereocenters. The predicted molar refractivity (Wildman–Crippen MR) is 60.0 cm³/mol. The summed E-state index contributed by atoms with van der Waals surface area (Å²) < 4.78 is 10.4. The molecule has 1 heterocycles. The minimum Gasteiger partial charge on any atom is -0.493 e. The molecule has 0 N–H and O–H groups in total. The Kier molecular flexibility index (Phi) is 2.86. The van der Waals surface area contributed by atoms with Gasteiger partial charge < -0.3 is 9.47 Å². The first-order chi connectivity index (χ1) is 7.26. The zero-order valence-electron chi connectivity index (χ0n) is 8.70. The van der Waals surface area contributed by atoms with Crippen molar-refractivity contribution in [3.05, 3.63) is 23.3 Å². The van der Waals surface area contributed by atoms with E-state index in [-0.39, 0.29) is 5.78 Å². The van der Waals surface area contributed by atoms with Crippen molar-refractivity contribution in [1.29, 1.82) is 0 Å². The quantitative estimate of drug-likeness (QED) is 0.771. The molecule has 0 atom stereocenters. The number of rotatable bonds is 2. The molecule has 0 radical (unpaired) electrons. The van der Waals surface area contributed by atoms with Crippen molar-refractivity contribution in [2.75, 3.05) is 20.0 Å². The number of methoxy groups -OCH3 is 2. The zero-order valence-corrected chi connectivity index (χ0v) is 9.52. The van der Waals surface area contributed by atoms with E-state index in [1.54, 1.807) is 32.0 Å². The molecule has 0 aromatic heterocycles. The van der Waals surface area contributed by atoms with Gasteiger partial charge in [-0.2, -0.15) is 0 Å². The summed E-state index contributed by atoms with van der Waals surface area (Å²) in [6.07, 6.45) is 0. The summed E-state index contributed by atoms with van der Waals surface area (Å²) >= 11 is 1.63. The first-order valence-corrected chi connectivity index (χ1v) is 5.77. The van der Waals surface area contributed by atoms with Gasteiger partial charge in [0.05, 0.1) is 20.0 Å². The number of Topliss-reactive ketones (excluding diaryl/α,β-unsaturated/α-hetero) is 1. The molecule has 0 spiro atoms. The topological polar surface area (TPSA) is 35.5 Å². The molecular weight excluding hydrogens is 212 g/mol. The number of hydrogen-bond donors (Lipinski definition) is 0. The number of carbonyl (C=O) groups excluding carboxylic acids is 1. The highest BCUT2D eigenvalue weighted by atomic mass is 32.2. The molecule has 4 heteroatoms. The number of carbonyl (C=O) groups is 1. The smallest absolute Gasteiger partial charge is 0.173 e. The zero-order chi connectivity index (χ0) is 10.8. The largest absolute Gasteiger partial charge is 0.493 e. The molecular formula is C11H12O3S. The maximum Gasteiger partial charge on any atom is 0.173 e. The molecule has 1 aliphatic rings. The third-order valence-corrected chi connectivity index (χ3v) is 3.38. The van der Waals surface area contributed by atoms with Crippen molar-refractivity contribution in [2.45, 2.75) is 5.75 Å². The second kappa shape index (κ2) is 4.14. The van der Waals surface area contributed by atoms with Gasteiger partial charge in [0.2, 0.25) is 0 Å². The van der Waals surface area contributed by atoms with Gasteiger partial charge >= 0.3 is 0 Å². The Morgan fingerprint density at radius 3 is 2.47 bits per heavy atom. The van der Waals surface area contributed by atoms with Crippen molar-refractivity contribution >= 4 is 17.5 Å². The standard InChI is InChI=1S/C11H12O3S/c1-13-10-3-7-5-15-6-9(12)8(7)4-11(10)14-2/h3-4H,5-6H2,1-2H3. The van der Waals surface area contributed by atoms with Crippen molar-refractivity contribution < 1.29 is 14.3 Å². The molecule has 0 saturated heterocycles. The lowest BCUT2D eigenvalue weighted by Gasteiger charge is -2.17. The fourth-order valence-electron chi connectivity index (χ4n) is 1.63. The molecule has 2 rings (SSSR count). The summed E-state index contributed by atoms with van der Waals surface area (Å²) in [6.45, 7) is 0. The van der Waals surface area contributed by atoms with Gasteiger partial charge in [-0.15, -0.1) is 11.8 Å². The normalized spacial score (nSPS) is 14.7. The van der Waals surface area contributed by atoms with Gasteiger partial charge in [0.1, 0.15) is 0 Å². The Balaban J connectivity index is 2.53. The van der Waals surface area contributed by atoms with E-state index in [4.69, 9.17) is 9.47 Å². The molecule has 0 amide bonds. The predicted octanol–water partition coefficient (Wildman–Crippen LogP) is 2.13. The van der Waals surface area contributed by atoms with E-state index >= 15 is 0 Å². The van der Waals surface area contributed by atoms with Crippen LogP contribution in [0, 0.1) is 0 Å². The minimum absolute atomic E-state index is 0.169. The summed E-state index contributed by atoms with van der Waals surface area (Å²) in [7, 11) is 3.17. The molecule has 80 valence electrons. The van der Waals surface area contributed by atoms with E-state index in [1.165, 1.54) is 0 Å². The van der Waals surface area contributed by atoms with Gasteiger partial charge in [-0.1, -0.05) is 0 Å². The molecule has 0 bridgehead atoms. The van der Waals surface area contributed by atoms with Crippen LogP contribution in [0.4, 0.5) is 0 Å². The molecule has 0 saturated carbocycles. The molecule has 1 aliphatic heterocycles. The van der Waals surface area contributed by atoms with Crippen molar-refractivity contribution in [3.8, 4) is 11.5 Å². The number of benzene rings is 1. The Morgan fingerprint density at radius 2 is 1.80 bits per heavy atom. The van der Waals surface area contributed by atoms with Gasteiger partial charge in [0.25, 0.3) is 0 Å². The maximum atomic E-state index is 11.6. The summed E-state index contributed by atoms with van der Waals surface area (Å²) in [5, 5.41) is 0. The molecule has 1 aromatic rings. The molecule has 3 nitrogen and oxygen atoms in total. The van der Waals surface area contributed by atoms with Crippen molar-refractivity contribution in [3.63, 3.8) is 0 Å². The lowest BCUT2D eigenvalue weighted by molar-refractivity contribution is 0.102. The van der Waals surface area contributed by atoms with E-state index in [2.05, 4.69) is 0 Å². The average Bonchev–Trinajstić information content (AvgIpc) is 2.28. The Morgan fingerprint density at radius 1 is 1.13 bits per heavy atom. The maximum absolute atomic E-state index is 11.6. The minimum atomic E-state index is 0.169. The molecule has 1 aromatic carbocycles.